The molecule has 1 unspecified atom stereocenters. The molecule has 0 spiro atoms. The molecule has 14 heavy (non-hydrogen) atoms. The highest BCUT2D eigenvalue weighted by Crippen LogP contribution is 2.33. The molecule has 0 saturated carbocycles. The van der Waals surface area contributed by atoms with Crippen LogP contribution in [-0.4, -0.2) is 37.1 Å². The van der Waals surface area contributed by atoms with Gasteiger partial charge in [-0.15, -0.1) is 0 Å². The Labute approximate surface area is 88.1 Å². The fourth-order valence-corrected chi connectivity index (χ4v) is 2.79. The monoisotopic (exact) mass is 196 g/mol. The van der Waals surface area contributed by atoms with Crippen LogP contribution < -0.4 is 5.32 Å². The van der Waals surface area contributed by atoms with E-state index in [1.807, 2.05) is 0 Å². The van der Waals surface area contributed by atoms with Gasteiger partial charge in [0.1, 0.15) is 0 Å². The van der Waals surface area contributed by atoms with Gasteiger partial charge >= 0.3 is 0 Å². The van der Waals surface area contributed by atoms with Crippen LogP contribution >= 0.6 is 0 Å². The molecule has 0 aromatic rings. The molecule has 82 valence electrons. The van der Waals surface area contributed by atoms with Crippen LogP contribution in [0.5, 0.6) is 0 Å². The second-order valence-electron chi connectivity index (χ2n) is 5.44. The van der Waals surface area contributed by atoms with Crippen molar-refractivity contribution >= 4 is 0 Å². The maximum absolute atomic E-state index is 3.59. The van der Waals surface area contributed by atoms with Crippen LogP contribution in [-0.2, 0) is 0 Å². The van der Waals surface area contributed by atoms with Gasteiger partial charge in [-0.1, -0.05) is 13.8 Å². The normalized spacial score (nSPS) is 39.4. The summed E-state index contributed by atoms with van der Waals surface area (Å²) in [5, 5.41) is 3.59. The molecule has 0 radical (unpaired) electrons. The molecule has 2 nitrogen and oxygen atoms in total. The summed E-state index contributed by atoms with van der Waals surface area (Å²) >= 11 is 0. The fraction of sp³-hybridized carbons (Fsp3) is 1.00. The highest BCUT2D eigenvalue weighted by Gasteiger charge is 2.33. The molecule has 0 bridgehead atoms. The SMILES string of the molecule is CCC1(C)CCN(C[C@@H]2CCCN2)C1. The predicted molar refractivity (Wildman–Crippen MR) is 60.5 cm³/mol. The molecule has 1 N–H and O–H groups in total. The third-order valence-corrected chi connectivity index (χ3v) is 4.13. The average Bonchev–Trinajstić information content (AvgIpc) is 2.78. The van der Waals surface area contributed by atoms with E-state index in [2.05, 4.69) is 24.1 Å². The molecule has 0 aliphatic carbocycles. The van der Waals surface area contributed by atoms with Crippen LogP contribution in [0, 0.1) is 5.41 Å². The first-order valence-electron chi connectivity index (χ1n) is 6.18. The lowest BCUT2D eigenvalue weighted by molar-refractivity contribution is 0.251. The molecule has 0 aromatic heterocycles. The summed E-state index contributed by atoms with van der Waals surface area (Å²) in [6.45, 7) is 9.94. The lowest BCUT2D eigenvalue weighted by Gasteiger charge is -2.24. The third-order valence-electron chi connectivity index (χ3n) is 4.13. The molecular formula is C12H24N2. The minimum atomic E-state index is 0.610. The largest absolute Gasteiger partial charge is 0.313 e. The van der Waals surface area contributed by atoms with Gasteiger partial charge in [-0.25, -0.2) is 0 Å². The zero-order valence-corrected chi connectivity index (χ0v) is 9.68. The van der Waals surface area contributed by atoms with Crippen LogP contribution in [0.4, 0.5) is 0 Å². The first kappa shape index (κ1) is 10.4. The summed E-state index contributed by atoms with van der Waals surface area (Å²) in [7, 11) is 0. The van der Waals surface area contributed by atoms with Crippen LogP contribution in [0.1, 0.15) is 39.5 Å². The van der Waals surface area contributed by atoms with Gasteiger partial charge in [0, 0.05) is 19.1 Å². The first-order chi connectivity index (χ1) is 6.72. The summed E-state index contributed by atoms with van der Waals surface area (Å²) in [4.78, 5) is 2.66. The first-order valence-corrected chi connectivity index (χ1v) is 6.18. The van der Waals surface area contributed by atoms with E-state index in [0.717, 1.165) is 6.04 Å². The van der Waals surface area contributed by atoms with E-state index < -0.39 is 0 Å². The molecule has 2 aliphatic rings. The van der Waals surface area contributed by atoms with Crippen LogP contribution in [0.3, 0.4) is 0 Å². The van der Waals surface area contributed by atoms with Crippen LogP contribution in [0.2, 0.25) is 0 Å². The second kappa shape index (κ2) is 4.19. The van der Waals surface area contributed by atoms with Gasteiger partial charge in [-0.2, -0.15) is 0 Å². The van der Waals surface area contributed by atoms with E-state index in [-0.39, 0.29) is 0 Å². The highest BCUT2D eigenvalue weighted by atomic mass is 15.2. The topological polar surface area (TPSA) is 15.3 Å². The van der Waals surface area contributed by atoms with Gasteiger partial charge < -0.3 is 10.2 Å². The Morgan fingerprint density at radius 3 is 2.93 bits per heavy atom. The van der Waals surface area contributed by atoms with E-state index in [4.69, 9.17) is 0 Å². The van der Waals surface area contributed by atoms with Crippen LogP contribution in [0.25, 0.3) is 0 Å². The number of nitrogens with one attached hydrogen (secondary N) is 1. The Hall–Kier alpha value is -0.0800. The molecule has 2 heteroatoms. The predicted octanol–water partition coefficient (Wildman–Crippen LogP) is 1.86. The van der Waals surface area contributed by atoms with Crippen molar-refractivity contribution in [3.05, 3.63) is 0 Å². The molecule has 2 atom stereocenters. The minimum Gasteiger partial charge on any atom is -0.313 e. The van der Waals surface area contributed by atoms with Gasteiger partial charge in [0.2, 0.25) is 0 Å². The van der Waals surface area contributed by atoms with Gasteiger partial charge in [0.25, 0.3) is 0 Å². The van der Waals surface area contributed by atoms with Crippen molar-refractivity contribution in [2.75, 3.05) is 26.2 Å². The molecular weight excluding hydrogens is 172 g/mol. The molecule has 2 heterocycles. The van der Waals surface area contributed by atoms with E-state index in [1.54, 1.807) is 0 Å². The summed E-state index contributed by atoms with van der Waals surface area (Å²) in [6, 6.07) is 0.786. The zero-order chi connectivity index (χ0) is 10.0. The highest BCUT2D eigenvalue weighted by molar-refractivity contribution is 4.88. The van der Waals surface area contributed by atoms with E-state index in [0.29, 0.717) is 5.41 Å². The van der Waals surface area contributed by atoms with Crippen molar-refractivity contribution in [1.82, 2.24) is 10.2 Å². The standard InChI is InChI=1S/C12H24N2/c1-3-12(2)6-8-14(10-12)9-11-5-4-7-13-11/h11,13H,3-10H2,1-2H3/t11-,12?/m0/s1. The van der Waals surface area contributed by atoms with E-state index in [1.165, 1.54) is 51.9 Å². The molecule has 2 fully saturated rings. The quantitative estimate of drug-likeness (QED) is 0.741. The molecule has 0 amide bonds. The molecule has 2 aliphatic heterocycles. The minimum absolute atomic E-state index is 0.610. The number of nitrogens with zero attached hydrogens (tertiary/aromatic N) is 1. The van der Waals surface area contributed by atoms with Crippen LogP contribution in [0.15, 0.2) is 0 Å². The molecule has 0 aromatic carbocycles. The molecule has 2 rings (SSSR count). The third kappa shape index (κ3) is 2.29. The number of likely N-dealkylation sites (tertiary alicyclic amines) is 1. The summed E-state index contributed by atoms with van der Waals surface area (Å²) < 4.78 is 0. The van der Waals surface area contributed by atoms with Gasteiger partial charge in [0.15, 0.2) is 0 Å². The Bertz CT molecular complexity index is 187. The van der Waals surface area contributed by atoms with E-state index in [9.17, 15) is 0 Å². The number of hydrogen-bond donors (Lipinski definition) is 1. The Morgan fingerprint density at radius 2 is 2.36 bits per heavy atom. The van der Waals surface area contributed by atoms with Crippen molar-refractivity contribution in [2.45, 2.75) is 45.6 Å². The smallest absolute Gasteiger partial charge is 0.0195 e. The van der Waals surface area contributed by atoms with Crippen molar-refractivity contribution in [1.29, 1.82) is 0 Å². The van der Waals surface area contributed by atoms with E-state index >= 15 is 0 Å². The number of rotatable bonds is 3. The Morgan fingerprint density at radius 1 is 1.50 bits per heavy atom. The average molecular weight is 196 g/mol. The lowest BCUT2D eigenvalue weighted by atomic mass is 9.87. The fourth-order valence-electron chi connectivity index (χ4n) is 2.79. The van der Waals surface area contributed by atoms with Crippen molar-refractivity contribution in [3.8, 4) is 0 Å². The van der Waals surface area contributed by atoms with Gasteiger partial charge in [0.05, 0.1) is 0 Å². The van der Waals surface area contributed by atoms with Gasteiger partial charge in [-0.3, -0.25) is 0 Å². The second-order valence-corrected chi connectivity index (χ2v) is 5.44. The number of hydrogen-bond acceptors (Lipinski definition) is 2. The maximum Gasteiger partial charge on any atom is 0.0195 e. The van der Waals surface area contributed by atoms with Crippen molar-refractivity contribution in [3.63, 3.8) is 0 Å². The lowest BCUT2D eigenvalue weighted by Crippen LogP contribution is -2.37. The zero-order valence-electron chi connectivity index (χ0n) is 9.68. The molecule has 2 saturated heterocycles. The van der Waals surface area contributed by atoms with Gasteiger partial charge in [-0.05, 0) is 44.2 Å². The summed E-state index contributed by atoms with van der Waals surface area (Å²) in [5.41, 5.74) is 0.610. The maximum atomic E-state index is 3.59. The summed E-state index contributed by atoms with van der Waals surface area (Å²) in [6.07, 6.45) is 5.50. The van der Waals surface area contributed by atoms with Crippen molar-refractivity contribution in [2.24, 2.45) is 5.41 Å². The van der Waals surface area contributed by atoms with Crippen molar-refractivity contribution < 1.29 is 0 Å². The Kier molecular flexibility index (Phi) is 3.13. The summed E-state index contributed by atoms with van der Waals surface area (Å²) in [5.74, 6) is 0. The Balaban J connectivity index is 1.78.